The molecule has 82 valence electrons. The molecule has 1 saturated heterocycles. The maximum absolute atomic E-state index is 13.6. The van der Waals surface area contributed by atoms with Crippen LogP contribution in [0.15, 0.2) is 12.2 Å². The molecule has 3 unspecified atom stereocenters. The lowest BCUT2D eigenvalue weighted by Crippen LogP contribution is -2.45. The average molecular weight is 213 g/mol. The van der Waals surface area contributed by atoms with Crippen molar-refractivity contribution >= 4 is 11.9 Å². The number of halogens is 1. The van der Waals surface area contributed by atoms with Crippen molar-refractivity contribution in [1.29, 1.82) is 0 Å². The van der Waals surface area contributed by atoms with Gasteiger partial charge in [-0.25, -0.2) is 9.18 Å². The third-order valence-corrected chi connectivity index (χ3v) is 2.72. The van der Waals surface area contributed by atoms with E-state index in [1.165, 1.54) is 0 Å². The molecule has 0 aromatic carbocycles. The Kier molecular flexibility index (Phi) is 2.46. The van der Waals surface area contributed by atoms with E-state index >= 15 is 0 Å². The normalized spacial score (nSPS) is 29.7. The van der Waals surface area contributed by atoms with Crippen LogP contribution in [0.3, 0.4) is 0 Å². The SMILES string of the molecule is CCOC(=O)C(F)N1C(=O)C2C=CC1C2. The van der Waals surface area contributed by atoms with Crippen LogP contribution >= 0.6 is 0 Å². The number of hydrogen-bond donors (Lipinski definition) is 0. The van der Waals surface area contributed by atoms with Crippen LogP contribution in [0.1, 0.15) is 13.3 Å². The first-order chi connectivity index (χ1) is 7.15. The van der Waals surface area contributed by atoms with E-state index in [2.05, 4.69) is 4.74 Å². The first-order valence-corrected chi connectivity index (χ1v) is 4.96. The topological polar surface area (TPSA) is 46.6 Å². The number of carbonyl (C=O) groups excluding carboxylic acids is 2. The fourth-order valence-corrected chi connectivity index (χ4v) is 2.03. The second-order valence-electron chi connectivity index (χ2n) is 3.63. The minimum atomic E-state index is -1.96. The predicted octanol–water partition coefficient (Wildman–Crippen LogP) is 0.632. The van der Waals surface area contributed by atoms with Crippen LogP contribution in [0.5, 0.6) is 0 Å². The van der Waals surface area contributed by atoms with Gasteiger partial charge in [-0.1, -0.05) is 12.2 Å². The highest BCUT2D eigenvalue weighted by Gasteiger charge is 2.47. The molecule has 0 N–H and O–H groups in total. The van der Waals surface area contributed by atoms with Crippen molar-refractivity contribution in [3.05, 3.63) is 12.2 Å². The molecule has 0 saturated carbocycles. The van der Waals surface area contributed by atoms with E-state index in [1.54, 1.807) is 19.1 Å². The predicted molar refractivity (Wildman–Crippen MR) is 49.4 cm³/mol. The van der Waals surface area contributed by atoms with Crippen LogP contribution in [0.25, 0.3) is 0 Å². The Hall–Kier alpha value is -1.39. The van der Waals surface area contributed by atoms with Crippen LogP contribution in [-0.4, -0.2) is 35.7 Å². The van der Waals surface area contributed by atoms with E-state index in [0.29, 0.717) is 6.42 Å². The fraction of sp³-hybridized carbons (Fsp3) is 0.600. The Morgan fingerprint density at radius 3 is 3.00 bits per heavy atom. The van der Waals surface area contributed by atoms with Gasteiger partial charge in [0.15, 0.2) is 0 Å². The number of esters is 1. The number of carbonyl (C=O) groups is 2. The number of fused-ring (bicyclic) bond motifs is 2. The minimum absolute atomic E-state index is 0.116. The number of nitrogens with zero attached hydrogens (tertiary/aromatic N) is 1. The van der Waals surface area contributed by atoms with E-state index in [0.717, 1.165) is 4.90 Å². The molecule has 3 atom stereocenters. The summed E-state index contributed by atoms with van der Waals surface area (Å²) in [4.78, 5) is 23.7. The Balaban J connectivity index is 2.08. The Morgan fingerprint density at radius 1 is 1.73 bits per heavy atom. The molecule has 1 aliphatic heterocycles. The quantitative estimate of drug-likeness (QED) is 0.392. The van der Waals surface area contributed by atoms with Crippen LogP contribution in [0, 0.1) is 5.92 Å². The summed E-state index contributed by atoms with van der Waals surface area (Å²) in [6.45, 7) is 1.72. The van der Waals surface area contributed by atoms with Crippen LogP contribution in [-0.2, 0) is 14.3 Å². The second kappa shape index (κ2) is 3.64. The monoisotopic (exact) mass is 213 g/mol. The van der Waals surface area contributed by atoms with Crippen molar-refractivity contribution in [3.63, 3.8) is 0 Å². The third kappa shape index (κ3) is 1.52. The summed E-state index contributed by atoms with van der Waals surface area (Å²) in [5.41, 5.74) is 0. The smallest absolute Gasteiger partial charge is 0.362 e. The summed E-state index contributed by atoms with van der Waals surface area (Å²) in [5, 5.41) is 0. The van der Waals surface area contributed by atoms with Gasteiger partial charge in [-0.3, -0.25) is 9.69 Å². The number of ether oxygens (including phenoxy) is 1. The Labute approximate surface area is 86.7 Å². The molecule has 0 aromatic rings. The molecular weight excluding hydrogens is 201 g/mol. The molecule has 2 aliphatic rings. The van der Waals surface area contributed by atoms with E-state index in [4.69, 9.17) is 0 Å². The summed E-state index contributed by atoms with van der Waals surface area (Å²) in [7, 11) is 0. The summed E-state index contributed by atoms with van der Waals surface area (Å²) in [6.07, 6.45) is 2.15. The standard InChI is InChI=1S/C10H12FNO3/c1-2-15-10(14)8(11)12-7-4-3-6(5-7)9(12)13/h3-4,6-8H,2,5H2,1H3. The molecule has 1 amide bonds. The average Bonchev–Trinajstić information content (AvgIpc) is 2.77. The zero-order valence-electron chi connectivity index (χ0n) is 8.35. The van der Waals surface area contributed by atoms with Crippen LogP contribution < -0.4 is 0 Å². The Bertz CT molecular complexity index is 329. The number of likely N-dealkylation sites (tertiary alicyclic amines) is 1. The van der Waals surface area contributed by atoms with Gasteiger partial charge in [-0.2, -0.15) is 0 Å². The van der Waals surface area contributed by atoms with Crippen molar-refractivity contribution in [2.45, 2.75) is 25.7 Å². The van der Waals surface area contributed by atoms with Gasteiger partial charge in [0.1, 0.15) is 0 Å². The van der Waals surface area contributed by atoms with Crippen LogP contribution in [0.2, 0.25) is 0 Å². The number of amides is 1. The molecule has 5 heteroatoms. The molecule has 0 radical (unpaired) electrons. The van der Waals surface area contributed by atoms with Crippen molar-refractivity contribution in [2.24, 2.45) is 5.92 Å². The molecule has 15 heavy (non-hydrogen) atoms. The highest BCUT2D eigenvalue weighted by atomic mass is 19.1. The summed E-state index contributed by atoms with van der Waals surface area (Å²) in [5.74, 6) is -1.54. The van der Waals surface area contributed by atoms with Crippen LogP contribution in [0.4, 0.5) is 4.39 Å². The third-order valence-electron chi connectivity index (χ3n) is 2.72. The lowest BCUT2D eigenvalue weighted by molar-refractivity contribution is -0.162. The molecule has 2 bridgehead atoms. The van der Waals surface area contributed by atoms with Gasteiger partial charge >= 0.3 is 5.97 Å². The zero-order chi connectivity index (χ0) is 11.0. The van der Waals surface area contributed by atoms with E-state index in [-0.39, 0.29) is 24.5 Å². The van der Waals surface area contributed by atoms with Crippen molar-refractivity contribution in [1.82, 2.24) is 4.90 Å². The molecule has 4 nitrogen and oxygen atoms in total. The van der Waals surface area contributed by atoms with E-state index in [1.807, 2.05) is 0 Å². The van der Waals surface area contributed by atoms with Gasteiger partial charge in [0.25, 0.3) is 6.30 Å². The van der Waals surface area contributed by atoms with Gasteiger partial charge in [0, 0.05) is 0 Å². The van der Waals surface area contributed by atoms with Gasteiger partial charge in [-0.05, 0) is 13.3 Å². The van der Waals surface area contributed by atoms with Gasteiger partial charge in [0.05, 0.1) is 18.6 Å². The van der Waals surface area contributed by atoms with Crippen molar-refractivity contribution in [3.8, 4) is 0 Å². The first-order valence-electron chi connectivity index (χ1n) is 4.96. The molecule has 1 heterocycles. The summed E-state index contributed by atoms with van der Waals surface area (Å²) in [6, 6.07) is -0.276. The van der Waals surface area contributed by atoms with Gasteiger partial charge in [-0.15, -0.1) is 0 Å². The summed E-state index contributed by atoms with van der Waals surface area (Å²) < 4.78 is 18.1. The number of alkyl halides is 1. The van der Waals surface area contributed by atoms with Crippen molar-refractivity contribution in [2.75, 3.05) is 6.61 Å². The molecule has 0 spiro atoms. The molecule has 0 aromatic heterocycles. The maximum atomic E-state index is 13.6. The van der Waals surface area contributed by atoms with Gasteiger partial charge in [0.2, 0.25) is 5.91 Å². The van der Waals surface area contributed by atoms with E-state index in [9.17, 15) is 14.0 Å². The molecule has 1 aliphatic carbocycles. The maximum Gasteiger partial charge on any atom is 0.362 e. The first kappa shape index (κ1) is 10.1. The van der Waals surface area contributed by atoms with Gasteiger partial charge < -0.3 is 4.74 Å². The van der Waals surface area contributed by atoms with Crippen molar-refractivity contribution < 1.29 is 18.7 Å². The minimum Gasteiger partial charge on any atom is -0.462 e. The molecular formula is C10H12FNO3. The Morgan fingerprint density at radius 2 is 2.47 bits per heavy atom. The second-order valence-corrected chi connectivity index (χ2v) is 3.63. The molecule has 2 rings (SSSR count). The van der Waals surface area contributed by atoms with E-state index < -0.39 is 12.3 Å². The lowest BCUT2D eigenvalue weighted by atomic mass is 10.1. The highest BCUT2D eigenvalue weighted by Crippen LogP contribution is 2.34. The molecule has 1 fully saturated rings. The number of hydrogen-bond acceptors (Lipinski definition) is 3. The fourth-order valence-electron chi connectivity index (χ4n) is 2.03. The number of rotatable bonds is 3. The zero-order valence-corrected chi connectivity index (χ0v) is 8.35. The largest absolute Gasteiger partial charge is 0.462 e. The lowest BCUT2D eigenvalue weighted by Gasteiger charge is -2.26. The highest BCUT2D eigenvalue weighted by molar-refractivity contribution is 5.89. The summed E-state index contributed by atoms with van der Waals surface area (Å²) >= 11 is 0.